The van der Waals surface area contributed by atoms with Crippen molar-refractivity contribution in [3.63, 3.8) is 0 Å². The largest absolute Gasteiger partial charge is 0.396 e. The van der Waals surface area contributed by atoms with E-state index in [0.717, 1.165) is 32.5 Å². The maximum atomic E-state index is 11.0. The second kappa shape index (κ2) is 7.71. The number of primary amides is 1. The summed E-state index contributed by atoms with van der Waals surface area (Å²) in [5.41, 5.74) is 5.26. The van der Waals surface area contributed by atoms with Gasteiger partial charge in [0.1, 0.15) is 0 Å². The molecule has 2 atom stereocenters. The van der Waals surface area contributed by atoms with Gasteiger partial charge in [-0.15, -0.1) is 0 Å². The number of nitrogens with zero attached hydrogens (tertiary/aromatic N) is 1. The van der Waals surface area contributed by atoms with Crippen LogP contribution in [-0.4, -0.2) is 54.7 Å². The molecule has 5 heteroatoms. The van der Waals surface area contributed by atoms with Gasteiger partial charge in [-0.25, -0.2) is 0 Å². The van der Waals surface area contributed by atoms with E-state index in [4.69, 9.17) is 10.8 Å². The monoisotopic (exact) mass is 257 g/mol. The lowest BCUT2D eigenvalue weighted by molar-refractivity contribution is -0.119. The smallest absolute Gasteiger partial charge is 0.231 e. The van der Waals surface area contributed by atoms with Crippen LogP contribution in [0.5, 0.6) is 0 Å². The summed E-state index contributed by atoms with van der Waals surface area (Å²) >= 11 is 0. The van der Waals surface area contributed by atoms with Gasteiger partial charge in [-0.05, 0) is 31.2 Å². The van der Waals surface area contributed by atoms with Gasteiger partial charge in [0.15, 0.2) is 0 Å². The predicted molar refractivity (Wildman–Crippen MR) is 72.1 cm³/mol. The van der Waals surface area contributed by atoms with Crippen LogP contribution in [-0.2, 0) is 4.79 Å². The van der Waals surface area contributed by atoms with Crippen molar-refractivity contribution in [3.8, 4) is 0 Å². The average molecular weight is 257 g/mol. The van der Waals surface area contributed by atoms with E-state index in [9.17, 15) is 4.79 Å². The van der Waals surface area contributed by atoms with E-state index in [1.807, 2.05) is 0 Å². The summed E-state index contributed by atoms with van der Waals surface area (Å²) in [6.07, 6.45) is 1.87. The van der Waals surface area contributed by atoms with Crippen molar-refractivity contribution >= 4 is 5.91 Å². The number of aliphatic hydroxyl groups is 1. The minimum absolute atomic E-state index is 0.214. The van der Waals surface area contributed by atoms with Crippen LogP contribution in [0.3, 0.4) is 0 Å². The van der Waals surface area contributed by atoms with Crippen molar-refractivity contribution in [2.24, 2.45) is 17.6 Å². The van der Waals surface area contributed by atoms with Gasteiger partial charge in [-0.2, -0.15) is 0 Å². The number of amides is 1. The van der Waals surface area contributed by atoms with E-state index in [1.54, 1.807) is 0 Å². The number of carbonyl (C=O) groups is 1. The second-order valence-corrected chi connectivity index (χ2v) is 5.77. The molecule has 1 rings (SSSR count). The van der Waals surface area contributed by atoms with Crippen molar-refractivity contribution in [3.05, 3.63) is 0 Å². The molecule has 0 aromatic carbocycles. The van der Waals surface area contributed by atoms with E-state index in [-0.39, 0.29) is 12.5 Å². The molecular formula is C13H27N3O2. The predicted octanol–water partition coefficient (Wildman–Crippen LogP) is -0.210. The highest BCUT2D eigenvalue weighted by Crippen LogP contribution is 2.19. The molecule has 2 unspecified atom stereocenters. The Morgan fingerprint density at radius 2 is 2.22 bits per heavy atom. The zero-order chi connectivity index (χ0) is 13.5. The molecule has 1 amide bonds. The van der Waals surface area contributed by atoms with Crippen LogP contribution in [0.1, 0.15) is 26.7 Å². The fraction of sp³-hybridized carbons (Fsp3) is 0.923. The highest BCUT2D eigenvalue weighted by Gasteiger charge is 2.27. The molecule has 18 heavy (non-hydrogen) atoms. The molecule has 1 aliphatic heterocycles. The van der Waals surface area contributed by atoms with Gasteiger partial charge in [-0.3, -0.25) is 9.69 Å². The molecular weight excluding hydrogens is 230 g/mol. The molecule has 0 saturated carbocycles. The Morgan fingerprint density at radius 1 is 1.50 bits per heavy atom. The molecule has 1 fully saturated rings. The maximum Gasteiger partial charge on any atom is 0.231 e. The van der Waals surface area contributed by atoms with E-state index >= 15 is 0 Å². The molecule has 0 aromatic heterocycles. The normalized spacial score (nSPS) is 25.6. The molecule has 1 heterocycles. The number of aliphatic hydroxyl groups excluding tert-OH is 1. The molecule has 0 radical (unpaired) electrons. The van der Waals surface area contributed by atoms with Crippen LogP contribution >= 0.6 is 0 Å². The van der Waals surface area contributed by atoms with E-state index in [2.05, 4.69) is 24.1 Å². The summed E-state index contributed by atoms with van der Waals surface area (Å²) in [6.45, 7) is 7.63. The third-order valence-corrected chi connectivity index (χ3v) is 3.34. The minimum atomic E-state index is -0.276. The highest BCUT2D eigenvalue weighted by molar-refractivity contribution is 5.75. The lowest BCUT2D eigenvalue weighted by Crippen LogP contribution is -2.52. The third-order valence-electron chi connectivity index (χ3n) is 3.34. The Labute approximate surface area is 110 Å². The molecule has 0 aromatic rings. The minimum Gasteiger partial charge on any atom is -0.396 e. The topological polar surface area (TPSA) is 78.6 Å². The van der Waals surface area contributed by atoms with Gasteiger partial charge in [-0.1, -0.05) is 13.8 Å². The number of hydrogen-bond donors (Lipinski definition) is 3. The summed E-state index contributed by atoms with van der Waals surface area (Å²) in [6, 6.07) is 0.400. The quantitative estimate of drug-likeness (QED) is 0.590. The first-order chi connectivity index (χ1) is 8.51. The van der Waals surface area contributed by atoms with Gasteiger partial charge in [0.2, 0.25) is 5.91 Å². The van der Waals surface area contributed by atoms with Gasteiger partial charge >= 0.3 is 0 Å². The number of rotatable bonds is 7. The molecule has 0 aliphatic carbocycles. The van der Waals surface area contributed by atoms with E-state index in [1.165, 1.54) is 0 Å². The summed E-state index contributed by atoms with van der Waals surface area (Å²) < 4.78 is 0. The maximum absolute atomic E-state index is 11.0. The fourth-order valence-corrected chi connectivity index (χ4v) is 2.59. The molecule has 5 nitrogen and oxygen atoms in total. The van der Waals surface area contributed by atoms with Crippen molar-refractivity contribution < 1.29 is 9.90 Å². The average Bonchev–Trinajstić information content (AvgIpc) is 2.25. The van der Waals surface area contributed by atoms with Gasteiger partial charge < -0.3 is 16.2 Å². The second-order valence-electron chi connectivity index (χ2n) is 5.77. The number of piperidine rings is 1. The lowest BCUT2D eigenvalue weighted by atomic mass is 9.91. The molecule has 106 valence electrons. The van der Waals surface area contributed by atoms with Crippen molar-refractivity contribution in [1.82, 2.24) is 10.2 Å². The van der Waals surface area contributed by atoms with Gasteiger partial charge in [0, 0.05) is 25.7 Å². The molecule has 0 spiro atoms. The third kappa shape index (κ3) is 5.80. The van der Waals surface area contributed by atoms with E-state index < -0.39 is 0 Å². The SMILES string of the molecule is CC(C)CNC1CC(CCO)CN(CC(N)=O)C1. The number of nitrogens with one attached hydrogen (secondary N) is 1. The van der Waals surface area contributed by atoms with Crippen LogP contribution in [0.2, 0.25) is 0 Å². The highest BCUT2D eigenvalue weighted by atomic mass is 16.3. The van der Waals surface area contributed by atoms with Gasteiger partial charge in [0.25, 0.3) is 0 Å². The molecule has 1 aliphatic rings. The Morgan fingerprint density at radius 3 is 2.78 bits per heavy atom. The first-order valence-electron chi connectivity index (χ1n) is 6.86. The Kier molecular flexibility index (Phi) is 6.60. The first-order valence-corrected chi connectivity index (χ1v) is 6.86. The number of likely N-dealkylation sites (tertiary alicyclic amines) is 1. The fourth-order valence-electron chi connectivity index (χ4n) is 2.59. The summed E-state index contributed by atoms with van der Waals surface area (Å²) in [5, 5.41) is 12.6. The lowest BCUT2D eigenvalue weighted by Gasteiger charge is -2.37. The van der Waals surface area contributed by atoms with E-state index in [0.29, 0.717) is 24.4 Å². The van der Waals surface area contributed by atoms with Crippen LogP contribution in [0.25, 0.3) is 0 Å². The number of nitrogens with two attached hydrogens (primary N) is 1. The summed E-state index contributed by atoms with van der Waals surface area (Å²) in [4.78, 5) is 13.1. The Hall–Kier alpha value is -0.650. The first kappa shape index (κ1) is 15.4. The van der Waals surface area contributed by atoms with Crippen molar-refractivity contribution in [2.75, 3.05) is 32.8 Å². The zero-order valence-corrected chi connectivity index (χ0v) is 11.6. The zero-order valence-electron chi connectivity index (χ0n) is 11.6. The Balaban J connectivity index is 2.47. The molecule has 1 saturated heterocycles. The van der Waals surface area contributed by atoms with Crippen LogP contribution in [0.15, 0.2) is 0 Å². The van der Waals surface area contributed by atoms with Crippen molar-refractivity contribution in [2.45, 2.75) is 32.7 Å². The Bertz CT molecular complexity index is 259. The van der Waals surface area contributed by atoms with Gasteiger partial charge in [0.05, 0.1) is 6.54 Å². The molecule has 0 bridgehead atoms. The van der Waals surface area contributed by atoms with Crippen LogP contribution < -0.4 is 11.1 Å². The number of carbonyl (C=O) groups excluding carboxylic acids is 1. The molecule has 4 N–H and O–H groups in total. The van der Waals surface area contributed by atoms with Crippen LogP contribution in [0, 0.1) is 11.8 Å². The summed E-state index contributed by atoms with van der Waals surface area (Å²) in [5.74, 6) is 0.794. The number of hydrogen-bond acceptors (Lipinski definition) is 4. The van der Waals surface area contributed by atoms with Crippen molar-refractivity contribution in [1.29, 1.82) is 0 Å². The summed E-state index contributed by atoms with van der Waals surface area (Å²) in [7, 11) is 0. The standard InChI is InChI=1S/C13H27N3O2/c1-10(2)6-15-12-5-11(3-4-17)7-16(8-12)9-13(14)18/h10-12,15,17H,3-9H2,1-2H3,(H2,14,18). The van der Waals surface area contributed by atoms with Crippen LogP contribution in [0.4, 0.5) is 0 Å².